The monoisotopic (exact) mass is 523 g/mol. The van der Waals surface area contributed by atoms with E-state index in [1.54, 1.807) is 16.7 Å². The van der Waals surface area contributed by atoms with Crippen LogP contribution in [0.4, 0.5) is 23.4 Å². The molecule has 1 aromatic carbocycles. The lowest BCUT2D eigenvalue weighted by Crippen LogP contribution is -2.52. The second kappa shape index (κ2) is 10.4. The van der Waals surface area contributed by atoms with Crippen molar-refractivity contribution in [3.8, 4) is 5.75 Å². The van der Waals surface area contributed by atoms with Crippen LogP contribution >= 0.6 is 0 Å². The van der Waals surface area contributed by atoms with Gasteiger partial charge in [0, 0.05) is 42.9 Å². The maximum Gasteiger partial charge on any atom is 0.416 e. The van der Waals surface area contributed by atoms with Crippen LogP contribution in [-0.2, 0) is 17.5 Å². The van der Waals surface area contributed by atoms with Crippen molar-refractivity contribution in [2.45, 2.75) is 57.2 Å². The van der Waals surface area contributed by atoms with Gasteiger partial charge in [0.1, 0.15) is 29.8 Å². The summed E-state index contributed by atoms with van der Waals surface area (Å²) < 4.78 is 64.5. The third-order valence-corrected chi connectivity index (χ3v) is 7.20. The molecule has 0 unspecified atom stereocenters. The van der Waals surface area contributed by atoms with Crippen LogP contribution < -0.4 is 15.0 Å². The Hall–Kier alpha value is -2.99. The lowest BCUT2D eigenvalue weighted by Gasteiger charge is -2.36. The van der Waals surface area contributed by atoms with Crippen molar-refractivity contribution >= 4 is 11.7 Å². The van der Waals surface area contributed by atoms with Crippen molar-refractivity contribution < 1.29 is 31.8 Å². The number of rotatable bonds is 4. The Morgan fingerprint density at radius 1 is 1.16 bits per heavy atom. The number of hydrogen-bond acceptors (Lipinski definition) is 7. The smallest absolute Gasteiger partial charge is 0.416 e. The highest BCUT2D eigenvalue weighted by molar-refractivity contribution is 5.94. The molecule has 37 heavy (non-hydrogen) atoms. The standard InChI is InChI=1S/C25H29F4N5O3/c1-15-22(24(35)33-7-4-18(5-8-33)32-20-6-9-36-12-19(20)26)30-13-31-23(15)34-11-16-10-17(25(27,28)29)2-3-21(16)37-14-34/h2-3,10,13,18-20,32H,4-9,11-12,14H2,1H3/t19-,20+/m0/s1. The van der Waals surface area contributed by atoms with E-state index >= 15 is 0 Å². The molecule has 2 saturated heterocycles. The van der Waals surface area contributed by atoms with Crippen LogP contribution in [0.5, 0.6) is 5.75 Å². The van der Waals surface area contributed by atoms with Gasteiger partial charge < -0.3 is 24.6 Å². The summed E-state index contributed by atoms with van der Waals surface area (Å²) in [7, 11) is 0. The van der Waals surface area contributed by atoms with Crippen LogP contribution in [-0.4, -0.2) is 72.1 Å². The summed E-state index contributed by atoms with van der Waals surface area (Å²) in [6.45, 7) is 3.65. The molecule has 2 aromatic rings. The topological polar surface area (TPSA) is 79.8 Å². The minimum Gasteiger partial charge on any atom is -0.473 e. The third-order valence-electron chi connectivity index (χ3n) is 7.20. The lowest BCUT2D eigenvalue weighted by molar-refractivity contribution is -0.137. The van der Waals surface area contributed by atoms with E-state index in [9.17, 15) is 22.4 Å². The number of fused-ring (bicyclic) bond motifs is 1. The molecule has 12 heteroatoms. The minimum atomic E-state index is -4.46. The fraction of sp³-hybridized carbons (Fsp3) is 0.560. The number of halogens is 4. The fourth-order valence-electron chi connectivity index (χ4n) is 5.12. The van der Waals surface area contributed by atoms with E-state index in [0.717, 1.165) is 12.1 Å². The SMILES string of the molecule is Cc1c(C(=O)N2CCC(N[C@@H]3CCOC[C@@H]3F)CC2)ncnc1N1COc2ccc(C(F)(F)F)cc2C1. The zero-order valence-corrected chi connectivity index (χ0v) is 20.4. The number of nitrogens with zero attached hydrogens (tertiary/aromatic N) is 4. The summed E-state index contributed by atoms with van der Waals surface area (Å²) in [5, 5.41) is 3.38. The molecule has 3 aliphatic rings. The molecule has 1 N–H and O–H groups in total. The first-order valence-electron chi connectivity index (χ1n) is 12.4. The molecule has 0 bridgehead atoms. The molecule has 0 aliphatic carbocycles. The number of nitrogens with one attached hydrogen (secondary N) is 1. The molecule has 0 radical (unpaired) electrons. The zero-order valence-electron chi connectivity index (χ0n) is 20.4. The predicted octanol–water partition coefficient (Wildman–Crippen LogP) is 3.48. The van der Waals surface area contributed by atoms with Gasteiger partial charge in [-0.2, -0.15) is 13.2 Å². The van der Waals surface area contributed by atoms with E-state index in [1.807, 2.05) is 0 Å². The molecule has 0 saturated carbocycles. The molecule has 1 amide bonds. The van der Waals surface area contributed by atoms with Gasteiger partial charge in [-0.15, -0.1) is 0 Å². The maximum absolute atomic E-state index is 14.1. The van der Waals surface area contributed by atoms with Gasteiger partial charge in [0.2, 0.25) is 0 Å². The molecule has 1 aromatic heterocycles. The Bertz CT molecular complexity index is 1140. The molecule has 2 fully saturated rings. The highest BCUT2D eigenvalue weighted by Crippen LogP contribution is 2.35. The van der Waals surface area contributed by atoms with E-state index in [2.05, 4.69) is 15.3 Å². The number of alkyl halides is 4. The average molecular weight is 524 g/mol. The summed E-state index contributed by atoms with van der Waals surface area (Å²) >= 11 is 0. The van der Waals surface area contributed by atoms with Crippen LogP contribution in [0.3, 0.4) is 0 Å². The molecule has 0 spiro atoms. The van der Waals surface area contributed by atoms with Crippen LogP contribution in [0.15, 0.2) is 24.5 Å². The first-order valence-corrected chi connectivity index (χ1v) is 12.4. The molecule has 4 heterocycles. The van der Waals surface area contributed by atoms with Crippen molar-refractivity contribution in [1.82, 2.24) is 20.2 Å². The number of likely N-dealkylation sites (tertiary alicyclic amines) is 1. The predicted molar refractivity (Wildman–Crippen MR) is 126 cm³/mol. The Labute approximate surface area is 212 Å². The lowest BCUT2D eigenvalue weighted by atomic mass is 10.00. The number of benzene rings is 1. The first-order chi connectivity index (χ1) is 17.7. The number of aromatic nitrogens is 2. The molecule has 200 valence electrons. The molecule has 8 nitrogen and oxygen atoms in total. The highest BCUT2D eigenvalue weighted by atomic mass is 19.4. The molecular formula is C25H29F4N5O3. The van der Waals surface area contributed by atoms with Gasteiger partial charge in [0.15, 0.2) is 6.73 Å². The van der Waals surface area contributed by atoms with E-state index in [4.69, 9.17) is 9.47 Å². The number of carbonyl (C=O) groups is 1. The Morgan fingerprint density at radius 2 is 1.95 bits per heavy atom. The average Bonchev–Trinajstić information content (AvgIpc) is 2.89. The Morgan fingerprint density at radius 3 is 2.68 bits per heavy atom. The molecular weight excluding hydrogens is 494 g/mol. The number of ether oxygens (including phenoxy) is 2. The van der Waals surface area contributed by atoms with Crippen LogP contribution in [0, 0.1) is 6.92 Å². The van der Waals surface area contributed by atoms with Gasteiger partial charge >= 0.3 is 6.18 Å². The van der Waals surface area contributed by atoms with Crippen molar-refractivity contribution in [1.29, 1.82) is 0 Å². The van der Waals surface area contributed by atoms with Gasteiger partial charge in [0.05, 0.1) is 18.7 Å². The third kappa shape index (κ3) is 5.49. The van der Waals surface area contributed by atoms with E-state index in [0.29, 0.717) is 61.7 Å². The maximum atomic E-state index is 14.1. The molecule has 3 aliphatic heterocycles. The summed E-state index contributed by atoms with van der Waals surface area (Å²) in [5.41, 5.74) is 0.430. The number of anilines is 1. The zero-order chi connectivity index (χ0) is 26.2. The molecule has 2 atom stereocenters. The van der Waals surface area contributed by atoms with Gasteiger partial charge in [-0.25, -0.2) is 14.4 Å². The number of piperidine rings is 1. The van der Waals surface area contributed by atoms with Gasteiger partial charge in [-0.1, -0.05) is 0 Å². The quantitative estimate of drug-likeness (QED) is 0.615. The van der Waals surface area contributed by atoms with E-state index < -0.39 is 17.9 Å². The van der Waals surface area contributed by atoms with Crippen molar-refractivity contribution in [2.75, 3.05) is 37.9 Å². The number of hydrogen-bond donors (Lipinski definition) is 1. The number of carbonyl (C=O) groups excluding carboxylic acids is 1. The summed E-state index contributed by atoms with van der Waals surface area (Å²) in [6, 6.07) is 3.30. The normalized spacial score (nSPS) is 22.9. The summed E-state index contributed by atoms with van der Waals surface area (Å²) in [5.74, 6) is 0.599. The van der Waals surface area contributed by atoms with E-state index in [1.165, 1.54) is 12.4 Å². The minimum absolute atomic E-state index is 0.0860. The van der Waals surface area contributed by atoms with Gasteiger partial charge in [-0.05, 0) is 44.4 Å². The van der Waals surface area contributed by atoms with Crippen molar-refractivity contribution in [3.05, 3.63) is 46.9 Å². The highest BCUT2D eigenvalue weighted by Gasteiger charge is 2.34. The van der Waals surface area contributed by atoms with Crippen molar-refractivity contribution in [3.63, 3.8) is 0 Å². The van der Waals surface area contributed by atoms with Crippen LogP contribution in [0.2, 0.25) is 0 Å². The Balaban J connectivity index is 1.25. The summed E-state index contributed by atoms with van der Waals surface area (Å²) in [4.78, 5) is 25.3. The largest absolute Gasteiger partial charge is 0.473 e. The second-order valence-corrected chi connectivity index (χ2v) is 9.68. The molecule has 5 rings (SSSR count). The number of amides is 1. The van der Waals surface area contributed by atoms with Crippen LogP contribution in [0.1, 0.15) is 46.4 Å². The first kappa shape index (κ1) is 25.7. The van der Waals surface area contributed by atoms with E-state index in [-0.39, 0.29) is 43.6 Å². The fourth-order valence-corrected chi connectivity index (χ4v) is 5.12. The summed E-state index contributed by atoms with van der Waals surface area (Å²) in [6.07, 6.45) is -2.16. The van der Waals surface area contributed by atoms with Crippen LogP contribution in [0.25, 0.3) is 0 Å². The van der Waals surface area contributed by atoms with Gasteiger partial charge in [-0.3, -0.25) is 4.79 Å². The Kier molecular flexibility index (Phi) is 7.21. The van der Waals surface area contributed by atoms with Crippen molar-refractivity contribution in [2.24, 2.45) is 0 Å². The second-order valence-electron chi connectivity index (χ2n) is 9.68. The van der Waals surface area contributed by atoms with Gasteiger partial charge in [0.25, 0.3) is 5.91 Å².